The average Bonchev–Trinajstić information content (AvgIpc) is 2.95. The normalized spacial score (nSPS) is 11.4. The highest BCUT2D eigenvalue weighted by molar-refractivity contribution is 5.84. The molecule has 0 aliphatic heterocycles. The lowest BCUT2D eigenvalue weighted by molar-refractivity contribution is 0.592. The summed E-state index contributed by atoms with van der Waals surface area (Å²) in [5.41, 5.74) is 5.21. The molecule has 3 rings (SSSR count). The van der Waals surface area contributed by atoms with E-state index in [2.05, 4.69) is 41.7 Å². The summed E-state index contributed by atoms with van der Waals surface area (Å²) in [7, 11) is 1.91. The van der Waals surface area contributed by atoms with Gasteiger partial charge in [0, 0.05) is 36.4 Å². The van der Waals surface area contributed by atoms with E-state index in [1.165, 1.54) is 16.6 Å². The van der Waals surface area contributed by atoms with E-state index in [0.29, 0.717) is 0 Å². The summed E-state index contributed by atoms with van der Waals surface area (Å²) in [6.45, 7) is 7.33. The maximum atomic E-state index is 4.70. The Morgan fingerprint density at radius 2 is 2.05 bits per heavy atom. The van der Waals surface area contributed by atoms with Crippen molar-refractivity contribution in [1.29, 1.82) is 0 Å². The Balaban J connectivity index is 2.19. The van der Waals surface area contributed by atoms with Crippen LogP contribution in [-0.2, 0) is 13.6 Å². The van der Waals surface area contributed by atoms with Crippen LogP contribution in [0.1, 0.15) is 24.6 Å². The van der Waals surface area contributed by atoms with Crippen LogP contribution in [0, 0.1) is 13.8 Å². The quantitative estimate of drug-likeness (QED) is 0.734. The minimum Gasteiger partial charge on any atom is -0.275 e. The van der Waals surface area contributed by atoms with Crippen LogP contribution in [-0.4, -0.2) is 24.5 Å². The van der Waals surface area contributed by atoms with Crippen LogP contribution in [0.25, 0.3) is 22.3 Å². The summed E-state index contributed by atoms with van der Waals surface area (Å²) in [5.74, 6) is 0. The fourth-order valence-electron chi connectivity index (χ4n) is 2.62. The highest BCUT2D eigenvalue weighted by atomic mass is 15.3. The van der Waals surface area contributed by atoms with Crippen LogP contribution >= 0.6 is 0 Å². The van der Waals surface area contributed by atoms with Crippen molar-refractivity contribution >= 4 is 11.0 Å². The van der Waals surface area contributed by atoms with E-state index in [9.17, 15) is 0 Å². The van der Waals surface area contributed by atoms with E-state index in [0.717, 1.165) is 29.9 Å². The van der Waals surface area contributed by atoms with Gasteiger partial charge in [0.25, 0.3) is 0 Å². The molecular weight excluding hydrogens is 250 g/mol. The summed E-state index contributed by atoms with van der Waals surface area (Å²) in [5, 5.41) is 10.0. The van der Waals surface area contributed by atoms with E-state index in [4.69, 9.17) is 4.98 Å². The van der Waals surface area contributed by atoms with Crippen LogP contribution in [0.3, 0.4) is 0 Å². The lowest BCUT2D eigenvalue weighted by Gasteiger charge is -2.02. The van der Waals surface area contributed by atoms with Crippen molar-refractivity contribution in [3.63, 3.8) is 0 Å². The number of nitrogens with zero attached hydrogens (tertiary/aromatic N) is 5. The number of hydrogen-bond acceptors (Lipinski definition) is 3. The average molecular weight is 269 g/mol. The van der Waals surface area contributed by atoms with Gasteiger partial charge in [-0.1, -0.05) is 6.92 Å². The van der Waals surface area contributed by atoms with E-state index < -0.39 is 0 Å². The molecule has 0 unspecified atom stereocenters. The Kier molecular flexibility index (Phi) is 3.04. The zero-order chi connectivity index (χ0) is 14.3. The fraction of sp³-hybridized carbons (Fsp3) is 0.400. The summed E-state index contributed by atoms with van der Waals surface area (Å²) in [4.78, 5) is 4.70. The zero-order valence-corrected chi connectivity index (χ0v) is 12.4. The van der Waals surface area contributed by atoms with Gasteiger partial charge in [-0.2, -0.15) is 10.2 Å². The van der Waals surface area contributed by atoms with Gasteiger partial charge >= 0.3 is 0 Å². The van der Waals surface area contributed by atoms with Crippen molar-refractivity contribution in [2.75, 3.05) is 0 Å². The first kappa shape index (κ1) is 12.8. The van der Waals surface area contributed by atoms with E-state index in [1.54, 1.807) is 4.68 Å². The van der Waals surface area contributed by atoms with Gasteiger partial charge in [-0.15, -0.1) is 0 Å². The topological polar surface area (TPSA) is 48.5 Å². The molecular formula is C15H19N5. The molecule has 3 aromatic heterocycles. The monoisotopic (exact) mass is 269 g/mol. The molecule has 104 valence electrons. The van der Waals surface area contributed by atoms with Crippen LogP contribution in [0.2, 0.25) is 0 Å². The van der Waals surface area contributed by atoms with Gasteiger partial charge in [0.2, 0.25) is 0 Å². The van der Waals surface area contributed by atoms with E-state index in [-0.39, 0.29) is 0 Å². The molecule has 0 fully saturated rings. The third-order valence-electron chi connectivity index (χ3n) is 3.60. The van der Waals surface area contributed by atoms with Crippen molar-refractivity contribution in [3.8, 4) is 11.3 Å². The molecule has 0 N–H and O–H groups in total. The molecule has 0 radical (unpaired) electrons. The summed E-state index contributed by atoms with van der Waals surface area (Å²) < 4.78 is 3.84. The Morgan fingerprint density at radius 1 is 1.25 bits per heavy atom. The third kappa shape index (κ3) is 1.99. The number of aryl methyl sites for hydroxylation is 4. The molecule has 0 atom stereocenters. The number of hydrogen-bond donors (Lipinski definition) is 0. The Morgan fingerprint density at radius 3 is 2.70 bits per heavy atom. The summed E-state index contributed by atoms with van der Waals surface area (Å²) in [6.07, 6.45) is 4.89. The van der Waals surface area contributed by atoms with Gasteiger partial charge in [0.15, 0.2) is 5.65 Å². The first-order chi connectivity index (χ1) is 9.60. The molecule has 0 aliphatic rings. The molecule has 0 saturated carbocycles. The van der Waals surface area contributed by atoms with Gasteiger partial charge in [0.05, 0.1) is 11.9 Å². The van der Waals surface area contributed by atoms with E-state index >= 15 is 0 Å². The third-order valence-corrected chi connectivity index (χ3v) is 3.60. The van der Waals surface area contributed by atoms with Gasteiger partial charge < -0.3 is 0 Å². The van der Waals surface area contributed by atoms with E-state index in [1.807, 2.05) is 19.4 Å². The molecule has 0 bridgehead atoms. The van der Waals surface area contributed by atoms with Gasteiger partial charge in [-0.25, -0.2) is 4.98 Å². The van der Waals surface area contributed by atoms with Crippen molar-refractivity contribution in [1.82, 2.24) is 24.5 Å². The summed E-state index contributed by atoms with van der Waals surface area (Å²) in [6, 6.07) is 2.12. The predicted molar refractivity (Wildman–Crippen MR) is 79.5 cm³/mol. The lowest BCUT2D eigenvalue weighted by Crippen LogP contribution is -2.00. The highest BCUT2D eigenvalue weighted by Gasteiger charge is 2.13. The number of fused-ring (bicyclic) bond motifs is 1. The van der Waals surface area contributed by atoms with Gasteiger partial charge in [0.1, 0.15) is 0 Å². The lowest BCUT2D eigenvalue weighted by atomic mass is 10.1. The first-order valence-electron chi connectivity index (χ1n) is 6.94. The molecule has 0 amide bonds. The predicted octanol–water partition coefficient (Wildman–Crippen LogP) is 2.86. The standard InChI is InChI=1S/C15H19N5/c1-5-6-20-11(3)14-10(2)7-13(17-15(14)18-20)12-8-16-19(4)9-12/h7-9H,5-6H2,1-4H3. The molecule has 0 spiro atoms. The Hall–Kier alpha value is -2.17. The van der Waals surface area contributed by atoms with Crippen LogP contribution in [0.15, 0.2) is 18.5 Å². The maximum absolute atomic E-state index is 4.70. The largest absolute Gasteiger partial charge is 0.275 e. The zero-order valence-electron chi connectivity index (χ0n) is 12.4. The minimum absolute atomic E-state index is 0.829. The van der Waals surface area contributed by atoms with Crippen molar-refractivity contribution in [2.24, 2.45) is 7.05 Å². The van der Waals surface area contributed by atoms with Gasteiger partial charge in [-0.05, 0) is 31.9 Å². The van der Waals surface area contributed by atoms with Crippen LogP contribution in [0.5, 0.6) is 0 Å². The number of pyridine rings is 1. The molecule has 20 heavy (non-hydrogen) atoms. The second kappa shape index (κ2) is 4.74. The molecule has 3 heterocycles. The van der Waals surface area contributed by atoms with Gasteiger partial charge in [-0.3, -0.25) is 9.36 Å². The minimum atomic E-state index is 0.829. The fourth-order valence-corrected chi connectivity index (χ4v) is 2.62. The van der Waals surface area contributed by atoms with Crippen LogP contribution < -0.4 is 0 Å². The van der Waals surface area contributed by atoms with Crippen molar-refractivity contribution in [3.05, 3.63) is 29.7 Å². The molecule has 0 saturated heterocycles. The molecule has 5 nitrogen and oxygen atoms in total. The van der Waals surface area contributed by atoms with Crippen molar-refractivity contribution < 1.29 is 0 Å². The molecule has 0 aliphatic carbocycles. The smallest absolute Gasteiger partial charge is 0.182 e. The Labute approximate surface area is 118 Å². The number of rotatable bonds is 3. The first-order valence-corrected chi connectivity index (χ1v) is 6.94. The summed E-state index contributed by atoms with van der Waals surface area (Å²) >= 11 is 0. The molecule has 0 aromatic carbocycles. The van der Waals surface area contributed by atoms with Crippen molar-refractivity contribution in [2.45, 2.75) is 33.7 Å². The Bertz CT molecular complexity index is 766. The molecule has 5 heteroatoms. The highest BCUT2D eigenvalue weighted by Crippen LogP contribution is 2.26. The molecule has 3 aromatic rings. The van der Waals surface area contributed by atoms with Crippen LogP contribution in [0.4, 0.5) is 0 Å². The maximum Gasteiger partial charge on any atom is 0.182 e. The second-order valence-electron chi connectivity index (χ2n) is 5.23. The number of aromatic nitrogens is 5. The SMILES string of the molecule is CCCn1nc2nc(-c3cnn(C)c3)cc(C)c2c1C. The second-order valence-corrected chi connectivity index (χ2v) is 5.23.